The molecule has 0 aliphatic heterocycles. The Morgan fingerprint density at radius 3 is 2.80 bits per heavy atom. The van der Waals surface area contributed by atoms with Gasteiger partial charge >= 0.3 is 0 Å². The summed E-state index contributed by atoms with van der Waals surface area (Å²) in [6.45, 7) is 0.314. The molecular formula is C16H19FN6OS. The Morgan fingerprint density at radius 1 is 1.36 bits per heavy atom. The average molecular weight is 362 g/mol. The van der Waals surface area contributed by atoms with E-state index < -0.39 is 0 Å². The third-order valence-corrected chi connectivity index (χ3v) is 5.16. The molecule has 0 spiro atoms. The number of hydrazone groups is 1. The number of aromatic nitrogens is 2. The van der Waals surface area contributed by atoms with Crippen LogP contribution < -0.4 is 22.7 Å². The molecule has 1 aromatic carbocycles. The van der Waals surface area contributed by atoms with Gasteiger partial charge in [-0.15, -0.1) is 0 Å². The van der Waals surface area contributed by atoms with Crippen molar-refractivity contribution in [1.82, 2.24) is 15.0 Å². The molecule has 1 aliphatic carbocycles. The second-order valence-electron chi connectivity index (χ2n) is 5.70. The minimum absolute atomic E-state index is 0.183. The van der Waals surface area contributed by atoms with Gasteiger partial charge in [0.25, 0.3) is 5.56 Å². The van der Waals surface area contributed by atoms with Gasteiger partial charge in [0, 0.05) is 17.0 Å². The summed E-state index contributed by atoms with van der Waals surface area (Å²) in [5.41, 5.74) is 4.93. The van der Waals surface area contributed by atoms with Gasteiger partial charge in [0.2, 0.25) is 0 Å². The molecule has 25 heavy (non-hydrogen) atoms. The molecule has 9 heteroatoms. The van der Waals surface area contributed by atoms with E-state index >= 15 is 0 Å². The van der Waals surface area contributed by atoms with Crippen molar-refractivity contribution in [3.05, 3.63) is 57.3 Å². The van der Waals surface area contributed by atoms with E-state index in [2.05, 4.69) is 15.5 Å². The first kappa shape index (κ1) is 17.4. The van der Waals surface area contributed by atoms with Crippen LogP contribution in [-0.2, 0) is 25.1 Å². The molecule has 5 N–H and O–H groups in total. The van der Waals surface area contributed by atoms with Gasteiger partial charge in [0.15, 0.2) is 11.0 Å². The predicted octanol–water partition coefficient (Wildman–Crippen LogP) is 0.899. The molecule has 0 saturated carbocycles. The maximum atomic E-state index is 13.0. The summed E-state index contributed by atoms with van der Waals surface area (Å²) >= 11 is 1.41. The molecular weight excluding hydrogens is 343 g/mol. The number of nitrogens with zero attached hydrogens (tertiary/aromatic N) is 3. The SMILES string of the molecule is N/N=C(/Cn1c(SCc2ccc(F)cc2)nc(=O)c2c1CCC2)NN. The molecule has 0 unspecified atom stereocenters. The lowest BCUT2D eigenvalue weighted by Gasteiger charge is -2.17. The second kappa shape index (κ2) is 7.66. The summed E-state index contributed by atoms with van der Waals surface area (Å²) < 4.78 is 15.0. The Labute approximate surface area is 148 Å². The summed E-state index contributed by atoms with van der Waals surface area (Å²) in [6, 6.07) is 6.26. The van der Waals surface area contributed by atoms with Gasteiger partial charge in [-0.25, -0.2) is 10.2 Å². The molecule has 1 aliphatic rings. The first-order valence-corrected chi connectivity index (χ1v) is 8.84. The number of nitrogens with one attached hydrogen (secondary N) is 1. The minimum atomic E-state index is -0.279. The van der Waals surface area contributed by atoms with E-state index in [9.17, 15) is 9.18 Å². The molecule has 3 rings (SSSR count). The van der Waals surface area contributed by atoms with Crippen LogP contribution in [-0.4, -0.2) is 15.4 Å². The Morgan fingerprint density at radius 2 is 2.12 bits per heavy atom. The molecule has 0 fully saturated rings. The highest BCUT2D eigenvalue weighted by Gasteiger charge is 2.22. The predicted molar refractivity (Wildman–Crippen MR) is 95.4 cm³/mol. The molecule has 0 amide bonds. The standard InChI is InChI=1S/C16H19FN6OS/c17-11-6-4-10(5-7-11)9-25-16-20-15(24)12-2-1-3-13(12)23(16)8-14(21-18)22-19/h4-7H,1-3,8-9,18-19H2,(H,21,22). The van der Waals surface area contributed by atoms with Crippen LogP contribution in [0.15, 0.2) is 39.3 Å². The highest BCUT2D eigenvalue weighted by atomic mass is 32.2. The van der Waals surface area contributed by atoms with Crippen LogP contribution in [0, 0.1) is 5.82 Å². The van der Waals surface area contributed by atoms with Crippen molar-refractivity contribution >= 4 is 17.6 Å². The van der Waals surface area contributed by atoms with Crippen LogP contribution in [0.3, 0.4) is 0 Å². The Hall–Kier alpha value is -2.39. The number of amidine groups is 1. The fraction of sp³-hybridized carbons (Fsp3) is 0.312. The van der Waals surface area contributed by atoms with Crippen molar-refractivity contribution in [1.29, 1.82) is 0 Å². The first-order valence-electron chi connectivity index (χ1n) is 7.85. The zero-order valence-corrected chi connectivity index (χ0v) is 14.4. The van der Waals surface area contributed by atoms with Crippen LogP contribution in [0.2, 0.25) is 0 Å². The summed E-state index contributed by atoms with van der Waals surface area (Å²) in [5.74, 6) is 11.5. The van der Waals surface area contributed by atoms with E-state index in [4.69, 9.17) is 11.7 Å². The molecule has 0 radical (unpaired) electrons. The highest BCUT2D eigenvalue weighted by Crippen LogP contribution is 2.26. The van der Waals surface area contributed by atoms with E-state index in [-0.39, 0.29) is 11.4 Å². The summed E-state index contributed by atoms with van der Waals surface area (Å²) in [7, 11) is 0. The molecule has 1 aromatic heterocycles. The van der Waals surface area contributed by atoms with Crippen LogP contribution in [0.5, 0.6) is 0 Å². The quantitative estimate of drug-likeness (QED) is 0.182. The number of hydrogen-bond acceptors (Lipinski definition) is 6. The third-order valence-electron chi connectivity index (χ3n) is 4.11. The van der Waals surface area contributed by atoms with Crippen molar-refractivity contribution in [3.63, 3.8) is 0 Å². The van der Waals surface area contributed by atoms with Crippen LogP contribution in [0.25, 0.3) is 0 Å². The Balaban J connectivity index is 1.92. The fourth-order valence-corrected chi connectivity index (χ4v) is 3.83. The van der Waals surface area contributed by atoms with E-state index in [0.29, 0.717) is 23.3 Å². The fourth-order valence-electron chi connectivity index (χ4n) is 2.86. The lowest BCUT2D eigenvalue weighted by atomic mass is 10.2. The average Bonchev–Trinajstić information content (AvgIpc) is 3.11. The topological polar surface area (TPSA) is 111 Å². The lowest BCUT2D eigenvalue weighted by Crippen LogP contribution is -2.36. The van der Waals surface area contributed by atoms with Gasteiger partial charge in [-0.2, -0.15) is 10.1 Å². The molecule has 7 nitrogen and oxygen atoms in total. The van der Waals surface area contributed by atoms with Crippen LogP contribution in [0.1, 0.15) is 23.2 Å². The zero-order chi connectivity index (χ0) is 17.8. The number of thioether (sulfide) groups is 1. The number of fused-ring (bicyclic) bond motifs is 1. The van der Waals surface area contributed by atoms with Gasteiger partial charge in [-0.05, 0) is 37.0 Å². The number of benzene rings is 1. The van der Waals surface area contributed by atoms with Crippen molar-refractivity contribution < 1.29 is 4.39 Å². The van der Waals surface area contributed by atoms with Crippen LogP contribution >= 0.6 is 11.8 Å². The number of halogens is 1. The Kier molecular flexibility index (Phi) is 5.34. The highest BCUT2D eigenvalue weighted by molar-refractivity contribution is 7.98. The van der Waals surface area contributed by atoms with E-state index in [0.717, 1.165) is 36.1 Å². The molecule has 0 atom stereocenters. The van der Waals surface area contributed by atoms with Crippen LogP contribution in [0.4, 0.5) is 4.39 Å². The van der Waals surface area contributed by atoms with Crippen molar-refractivity contribution in [2.24, 2.45) is 16.8 Å². The monoisotopic (exact) mass is 362 g/mol. The lowest BCUT2D eigenvalue weighted by molar-refractivity contribution is 0.627. The molecule has 0 saturated heterocycles. The van der Waals surface area contributed by atoms with E-state index in [1.807, 2.05) is 4.57 Å². The van der Waals surface area contributed by atoms with Gasteiger partial charge in [0.1, 0.15) is 5.82 Å². The molecule has 2 aromatic rings. The maximum absolute atomic E-state index is 13.0. The first-order chi connectivity index (χ1) is 12.1. The van der Waals surface area contributed by atoms with Gasteiger partial charge in [-0.1, -0.05) is 23.9 Å². The normalized spacial score (nSPS) is 13.8. The van der Waals surface area contributed by atoms with Crippen molar-refractivity contribution in [3.8, 4) is 0 Å². The number of rotatable bonds is 5. The number of hydrazine groups is 1. The second-order valence-corrected chi connectivity index (χ2v) is 6.64. The molecule has 132 valence electrons. The van der Waals surface area contributed by atoms with Gasteiger partial charge in [0.05, 0.1) is 6.54 Å². The zero-order valence-electron chi connectivity index (χ0n) is 13.5. The van der Waals surface area contributed by atoms with Crippen molar-refractivity contribution in [2.45, 2.75) is 36.7 Å². The maximum Gasteiger partial charge on any atom is 0.277 e. The largest absolute Gasteiger partial charge is 0.321 e. The van der Waals surface area contributed by atoms with Gasteiger partial charge in [-0.3, -0.25) is 4.79 Å². The molecule has 0 bridgehead atoms. The van der Waals surface area contributed by atoms with E-state index in [1.54, 1.807) is 12.1 Å². The minimum Gasteiger partial charge on any atom is -0.321 e. The van der Waals surface area contributed by atoms with Gasteiger partial charge < -0.3 is 15.8 Å². The van der Waals surface area contributed by atoms with Crippen molar-refractivity contribution in [2.75, 3.05) is 0 Å². The summed E-state index contributed by atoms with van der Waals surface area (Å²) in [4.78, 5) is 16.5. The number of nitrogens with two attached hydrogens (primary N) is 2. The summed E-state index contributed by atoms with van der Waals surface area (Å²) in [6.07, 6.45) is 2.46. The van der Waals surface area contributed by atoms with E-state index in [1.165, 1.54) is 23.9 Å². The smallest absolute Gasteiger partial charge is 0.277 e. The molecule has 1 heterocycles. The third kappa shape index (κ3) is 3.83. The Bertz CT molecular complexity index is 849. The number of hydrogen-bond donors (Lipinski definition) is 3. The summed E-state index contributed by atoms with van der Waals surface area (Å²) in [5, 5.41) is 4.20.